The molecule has 1 aliphatic heterocycles. The molecule has 0 radical (unpaired) electrons. The molecule has 1 saturated carbocycles. The van der Waals surface area contributed by atoms with E-state index in [1.165, 1.54) is 12.0 Å². The fourth-order valence-corrected chi connectivity index (χ4v) is 3.08. The van der Waals surface area contributed by atoms with Crippen molar-refractivity contribution in [3.63, 3.8) is 0 Å². The molecule has 0 aromatic rings. The number of hydrogen-bond acceptors (Lipinski definition) is 6. The van der Waals surface area contributed by atoms with Gasteiger partial charge in [-0.15, -0.1) is 0 Å². The number of carbonyl (C=O) groups excluding carboxylic acids is 2. The van der Waals surface area contributed by atoms with Gasteiger partial charge in [0.05, 0.1) is 19.5 Å². The highest BCUT2D eigenvalue weighted by atomic mass is 32.2. The summed E-state index contributed by atoms with van der Waals surface area (Å²) in [5, 5.41) is 0. The van der Waals surface area contributed by atoms with Gasteiger partial charge in [-0.1, -0.05) is 6.92 Å². The molecule has 8 heteroatoms. The molecule has 0 aromatic carbocycles. The Labute approximate surface area is 118 Å². The van der Waals surface area contributed by atoms with Crippen molar-refractivity contribution in [3.05, 3.63) is 0 Å². The highest BCUT2D eigenvalue weighted by molar-refractivity contribution is 7.86. The number of nitrogens with zero attached hydrogens (tertiary/aromatic N) is 1. The van der Waals surface area contributed by atoms with Gasteiger partial charge in [-0.2, -0.15) is 8.42 Å². The van der Waals surface area contributed by atoms with Crippen LogP contribution in [-0.4, -0.2) is 57.3 Å². The Kier molecular flexibility index (Phi) is 3.81. The predicted molar refractivity (Wildman–Crippen MR) is 69.2 cm³/mol. The molecule has 114 valence electrons. The van der Waals surface area contributed by atoms with E-state index >= 15 is 0 Å². The zero-order valence-corrected chi connectivity index (χ0v) is 12.6. The Bertz CT molecular complexity index is 524. The van der Waals surface area contributed by atoms with Crippen molar-refractivity contribution < 1.29 is 26.9 Å². The third-order valence-electron chi connectivity index (χ3n) is 3.82. The second kappa shape index (κ2) is 5.00. The normalized spacial score (nSPS) is 28.2. The van der Waals surface area contributed by atoms with Crippen molar-refractivity contribution in [3.8, 4) is 0 Å². The van der Waals surface area contributed by atoms with Gasteiger partial charge >= 0.3 is 5.97 Å². The smallest absolute Gasteiger partial charge is 0.328 e. The third kappa shape index (κ3) is 3.12. The summed E-state index contributed by atoms with van der Waals surface area (Å²) in [5.41, 5.74) is -0.424. The number of hydrogen-bond donors (Lipinski definition) is 0. The van der Waals surface area contributed by atoms with Crippen molar-refractivity contribution in [2.75, 3.05) is 19.9 Å². The minimum atomic E-state index is -3.62. The summed E-state index contributed by atoms with van der Waals surface area (Å²) in [6.07, 6.45) is 1.97. The van der Waals surface area contributed by atoms with Crippen LogP contribution in [0.5, 0.6) is 0 Å². The molecule has 1 aliphatic carbocycles. The summed E-state index contributed by atoms with van der Waals surface area (Å²) in [6.45, 7) is 1.94. The third-order valence-corrected chi connectivity index (χ3v) is 4.45. The maximum absolute atomic E-state index is 12.4. The van der Waals surface area contributed by atoms with Gasteiger partial charge in [0, 0.05) is 18.4 Å². The molecule has 0 N–H and O–H groups in total. The maximum atomic E-state index is 12.4. The van der Waals surface area contributed by atoms with Crippen molar-refractivity contribution in [1.82, 2.24) is 4.90 Å². The quantitative estimate of drug-likeness (QED) is 0.532. The van der Waals surface area contributed by atoms with Crippen LogP contribution in [0, 0.1) is 5.41 Å². The standard InChI is InChI=1S/C12H19NO6S/c1-12(4-5-12)11(15)13-7-8(19-20(3,16)17)6-9(13)10(14)18-2/h8-9H,4-7H2,1-3H3. The number of likely N-dealkylation sites (tertiary alicyclic amines) is 1. The first kappa shape index (κ1) is 15.2. The Morgan fingerprint density at radius 2 is 1.90 bits per heavy atom. The van der Waals surface area contributed by atoms with Gasteiger partial charge in [0.25, 0.3) is 10.1 Å². The average molecular weight is 305 g/mol. The van der Waals surface area contributed by atoms with E-state index in [0.29, 0.717) is 0 Å². The van der Waals surface area contributed by atoms with Crippen LogP contribution >= 0.6 is 0 Å². The number of esters is 1. The highest BCUT2D eigenvalue weighted by Crippen LogP contribution is 2.47. The van der Waals surface area contributed by atoms with E-state index < -0.39 is 33.6 Å². The van der Waals surface area contributed by atoms with Crippen LogP contribution in [0.4, 0.5) is 0 Å². The van der Waals surface area contributed by atoms with Gasteiger partial charge in [-0.25, -0.2) is 4.79 Å². The molecule has 7 nitrogen and oxygen atoms in total. The van der Waals surface area contributed by atoms with E-state index in [1.54, 1.807) is 0 Å². The summed E-state index contributed by atoms with van der Waals surface area (Å²) in [7, 11) is -2.38. The Morgan fingerprint density at radius 1 is 1.30 bits per heavy atom. The lowest BCUT2D eigenvalue weighted by molar-refractivity contribution is -0.152. The maximum Gasteiger partial charge on any atom is 0.328 e. The Balaban J connectivity index is 2.15. The molecule has 2 fully saturated rings. The van der Waals surface area contributed by atoms with Crippen LogP contribution in [0.15, 0.2) is 0 Å². The van der Waals surface area contributed by atoms with E-state index in [0.717, 1.165) is 19.1 Å². The predicted octanol–water partition coefficient (Wildman–Crippen LogP) is -0.0948. The molecular formula is C12H19NO6S. The minimum absolute atomic E-state index is 0.0985. The molecule has 0 aromatic heterocycles. The number of carbonyl (C=O) groups is 2. The molecule has 20 heavy (non-hydrogen) atoms. The molecule has 1 amide bonds. The number of amides is 1. The first-order valence-electron chi connectivity index (χ1n) is 6.43. The van der Waals surface area contributed by atoms with Crippen molar-refractivity contribution in [2.24, 2.45) is 5.41 Å². The van der Waals surface area contributed by atoms with E-state index in [9.17, 15) is 18.0 Å². The molecule has 2 aliphatic rings. The number of methoxy groups -OCH3 is 1. The van der Waals surface area contributed by atoms with Gasteiger partial charge in [-0.05, 0) is 12.8 Å². The molecule has 0 spiro atoms. The van der Waals surface area contributed by atoms with Crippen LogP contribution in [-0.2, 0) is 28.6 Å². The first-order valence-corrected chi connectivity index (χ1v) is 8.25. The average Bonchev–Trinajstić information content (AvgIpc) is 2.96. The van der Waals surface area contributed by atoms with Crippen LogP contribution in [0.1, 0.15) is 26.2 Å². The summed E-state index contributed by atoms with van der Waals surface area (Å²) in [5.74, 6) is -0.672. The lowest BCUT2D eigenvalue weighted by Gasteiger charge is -2.25. The molecule has 1 saturated heterocycles. The second-order valence-electron chi connectivity index (χ2n) is 5.72. The summed E-state index contributed by atoms with van der Waals surface area (Å²) < 4.78 is 32.0. The Hall–Kier alpha value is -1.15. The van der Waals surface area contributed by atoms with Gasteiger partial charge in [0.15, 0.2) is 0 Å². The SMILES string of the molecule is COC(=O)C1CC(OS(C)(=O)=O)CN1C(=O)C1(C)CC1. The minimum Gasteiger partial charge on any atom is -0.467 e. The van der Waals surface area contributed by atoms with Gasteiger partial charge in [-0.3, -0.25) is 8.98 Å². The Morgan fingerprint density at radius 3 is 2.35 bits per heavy atom. The fraction of sp³-hybridized carbons (Fsp3) is 0.833. The van der Waals surface area contributed by atoms with Crippen LogP contribution in [0.3, 0.4) is 0 Å². The molecule has 1 heterocycles. The molecular weight excluding hydrogens is 286 g/mol. The monoisotopic (exact) mass is 305 g/mol. The summed E-state index contributed by atoms with van der Waals surface area (Å²) >= 11 is 0. The van der Waals surface area contributed by atoms with Gasteiger partial charge in [0.2, 0.25) is 5.91 Å². The van der Waals surface area contributed by atoms with Crippen molar-refractivity contribution in [2.45, 2.75) is 38.3 Å². The van der Waals surface area contributed by atoms with E-state index in [4.69, 9.17) is 4.18 Å². The van der Waals surface area contributed by atoms with Crippen LogP contribution in [0.25, 0.3) is 0 Å². The van der Waals surface area contributed by atoms with E-state index in [2.05, 4.69) is 4.74 Å². The first-order chi connectivity index (χ1) is 9.16. The van der Waals surface area contributed by atoms with E-state index in [1.807, 2.05) is 6.92 Å². The van der Waals surface area contributed by atoms with Crippen molar-refractivity contribution in [1.29, 1.82) is 0 Å². The topological polar surface area (TPSA) is 90.0 Å². The molecule has 2 atom stereocenters. The van der Waals surface area contributed by atoms with Crippen LogP contribution in [0.2, 0.25) is 0 Å². The largest absolute Gasteiger partial charge is 0.467 e. The van der Waals surface area contributed by atoms with E-state index in [-0.39, 0.29) is 18.9 Å². The zero-order valence-electron chi connectivity index (χ0n) is 11.8. The lowest BCUT2D eigenvalue weighted by atomic mass is 10.1. The van der Waals surface area contributed by atoms with Gasteiger partial charge < -0.3 is 9.64 Å². The number of rotatable bonds is 4. The van der Waals surface area contributed by atoms with Gasteiger partial charge in [0.1, 0.15) is 6.04 Å². The zero-order chi connectivity index (χ0) is 15.1. The second-order valence-corrected chi connectivity index (χ2v) is 7.32. The van der Waals surface area contributed by atoms with Crippen LogP contribution < -0.4 is 0 Å². The molecule has 2 rings (SSSR count). The molecule has 0 bridgehead atoms. The number of ether oxygens (including phenoxy) is 1. The summed E-state index contributed by atoms with van der Waals surface area (Å²) in [6, 6.07) is -0.767. The van der Waals surface area contributed by atoms with Crippen molar-refractivity contribution >= 4 is 22.0 Å². The summed E-state index contributed by atoms with van der Waals surface area (Å²) in [4.78, 5) is 25.5. The highest BCUT2D eigenvalue weighted by Gasteiger charge is 2.52. The lowest BCUT2D eigenvalue weighted by Crippen LogP contribution is -2.44. The fourth-order valence-electron chi connectivity index (χ4n) is 2.45. The molecule has 2 unspecified atom stereocenters.